The molecule has 1 aromatic heterocycles. The highest BCUT2D eigenvalue weighted by Gasteiger charge is 2.11. The predicted octanol–water partition coefficient (Wildman–Crippen LogP) is 4.98. The maximum Gasteiger partial charge on any atom is 0.255 e. The Kier molecular flexibility index (Phi) is 5.53. The summed E-state index contributed by atoms with van der Waals surface area (Å²) < 4.78 is 14.0. The van der Waals surface area contributed by atoms with E-state index < -0.39 is 0 Å². The van der Waals surface area contributed by atoms with Gasteiger partial charge in [-0.2, -0.15) is 8.75 Å². The molecule has 0 aliphatic heterocycles. The molecule has 0 saturated carbocycles. The number of nitrogens with zero attached hydrogens (tertiary/aromatic N) is 2. The minimum atomic E-state index is -0.305. The van der Waals surface area contributed by atoms with Gasteiger partial charge in [0.05, 0.1) is 33.2 Å². The Morgan fingerprint density at radius 2 is 2.00 bits per heavy atom. The third kappa shape index (κ3) is 4.28. The van der Waals surface area contributed by atoms with Crippen molar-refractivity contribution < 1.29 is 9.53 Å². The lowest BCUT2D eigenvalue weighted by molar-refractivity contribution is 0.102. The first-order valence-corrected chi connectivity index (χ1v) is 8.79. The fraction of sp³-hybridized carbons (Fsp3) is 0.118. The minimum Gasteiger partial charge on any atom is -0.487 e. The lowest BCUT2D eigenvalue weighted by Gasteiger charge is -2.10. The molecule has 128 valence electrons. The molecule has 0 aliphatic rings. The van der Waals surface area contributed by atoms with E-state index in [2.05, 4.69) is 14.1 Å². The highest BCUT2D eigenvalue weighted by atomic mass is 35.5. The highest BCUT2D eigenvalue weighted by Crippen LogP contribution is 2.30. The molecule has 0 atom stereocenters. The molecule has 3 aromatic rings. The van der Waals surface area contributed by atoms with Crippen molar-refractivity contribution in [1.29, 1.82) is 0 Å². The number of amides is 1. The first-order valence-electron chi connectivity index (χ1n) is 7.31. The molecule has 1 amide bonds. The van der Waals surface area contributed by atoms with Gasteiger partial charge in [-0.25, -0.2) is 0 Å². The van der Waals surface area contributed by atoms with Crippen molar-refractivity contribution in [3.05, 3.63) is 69.5 Å². The molecule has 25 heavy (non-hydrogen) atoms. The maximum absolute atomic E-state index is 12.4. The normalized spacial score (nSPS) is 10.5. The van der Waals surface area contributed by atoms with Crippen molar-refractivity contribution in [1.82, 2.24) is 8.75 Å². The van der Waals surface area contributed by atoms with Crippen molar-refractivity contribution in [2.75, 3.05) is 5.32 Å². The summed E-state index contributed by atoms with van der Waals surface area (Å²) in [5.41, 5.74) is 2.52. The van der Waals surface area contributed by atoms with Crippen molar-refractivity contribution in [2.45, 2.75) is 13.5 Å². The lowest BCUT2D eigenvalue weighted by Crippen LogP contribution is -2.12. The second-order valence-electron chi connectivity index (χ2n) is 5.17. The molecule has 0 bridgehead atoms. The zero-order valence-corrected chi connectivity index (χ0v) is 15.5. The SMILES string of the molecule is Cc1nsnc1COc1cccc(C(=O)Nc2cccc(Cl)c2Cl)c1. The monoisotopic (exact) mass is 393 g/mol. The van der Waals surface area contributed by atoms with Gasteiger partial charge in [-0.05, 0) is 37.3 Å². The van der Waals surface area contributed by atoms with Crippen LogP contribution in [0.15, 0.2) is 42.5 Å². The molecule has 5 nitrogen and oxygen atoms in total. The second kappa shape index (κ2) is 7.82. The van der Waals surface area contributed by atoms with E-state index in [0.717, 1.165) is 23.1 Å². The molecule has 3 rings (SSSR count). The number of rotatable bonds is 5. The summed E-state index contributed by atoms with van der Waals surface area (Å²) in [4.78, 5) is 12.4. The van der Waals surface area contributed by atoms with Gasteiger partial charge in [0.25, 0.3) is 5.91 Å². The molecule has 0 radical (unpaired) electrons. The number of benzene rings is 2. The van der Waals surface area contributed by atoms with Gasteiger partial charge in [0.15, 0.2) is 0 Å². The molecule has 0 spiro atoms. The summed E-state index contributed by atoms with van der Waals surface area (Å²) in [6.45, 7) is 2.17. The van der Waals surface area contributed by atoms with Gasteiger partial charge >= 0.3 is 0 Å². The Bertz CT molecular complexity index is 914. The number of ether oxygens (including phenoxy) is 1. The van der Waals surface area contributed by atoms with Crippen LogP contribution in [0.2, 0.25) is 10.0 Å². The Balaban J connectivity index is 1.71. The van der Waals surface area contributed by atoms with Gasteiger partial charge in [-0.15, -0.1) is 0 Å². The van der Waals surface area contributed by atoms with Gasteiger partial charge in [-0.3, -0.25) is 4.79 Å². The average Bonchev–Trinajstić information content (AvgIpc) is 3.02. The summed E-state index contributed by atoms with van der Waals surface area (Å²) in [5, 5.41) is 3.42. The van der Waals surface area contributed by atoms with Gasteiger partial charge in [0.1, 0.15) is 18.1 Å². The molecule has 0 saturated heterocycles. The van der Waals surface area contributed by atoms with Crippen LogP contribution in [0.1, 0.15) is 21.7 Å². The van der Waals surface area contributed by atoms with Crippen molar-refractivity contribution in [3.8, 4) is 5.75 Å². The lowest BCUT2D eigenvalue weighted by atomic mass is 10.2. The highest BCUT2D eigenvalue weighted by molar-refractivity contribution is 6.99. The van der Waals surface area contributed by atoms with Crippen LogP contribution in [-0.4, -0.2) is 14.7 Å². The van der Waals surface area contributed by atoms with Crippen LogP contribution in [0.25, 0.3) is 0 Å². The summed E-state index contributed by atoms with van der Waals surface area (Å²) in [5.74, 6) is 0.262. The number of carbonyl (C=O) groups excluding carboxylic acids is 1. The predicted molar refractivity (Wildman–Crippen MR) is 99.8 cm³/mol. The van der Waals surface area contributed by atoms with Crippen LogP contribution in [0.4, 0.5) is 5.69 Å². The first-order chi connectivity index (χ1) is 12.0. The summed E-state index contributed by atoms with van der Waals surface area (Å²) in [7, 11) is 0. The Hall–Kier alpha value is -2.15. The molecule has 1 N–H and O–H groups in total. The molecular formula is C17H13Cl2N3O2S. The third-order valence-corrected chi connectivity index (χ3v) is 4.89. The van der Waals surface area contributed by atoms with E-state index in [4.69, 9.17) is 27.9 Å². The molecule has 0 aliphatic carbocycles. The number of aryl methyl sites for hydroxylation is 1. The number of carbonyl (C=O) groups is 1. The average molecular weight is 394 g/mol. The van der Waals surface area contributed by atoms with Crippen LogP contribution in [-0.2, 0) is 6.61 Å². The molecule has 2 aromatic carbocycles. The summed E-state index contributed by atoms with van der Waals surface area (Å²) >= 11 is 13.2. The summed E-state index contributed by atoms with van der Waals surface area (Å²) in [6, 6.07) is 11.9. The Labute approximate surface area is 158 Å². The second-order valence-corrected chi connectivity index (χ2v) is 6.48. The fourth-order valence-electron chi connectivity index (χ4n) is 2.05. The zero-order valence-electron chi connectivity index (χ0n) is 13.1. The first kappa shape index (κ1) is 17.7. The van der Waals surface area contributed by atoms with Crippen molar-refractivity contribution >= 4 is 46.5 Å². The van der Waals surface area contributed by atoms with Gasteiger partial charge in [0.2, 0.25) is 0 Å². The quantitative estimate of drug-likeness (QED) is 0.663. The van der Waals surface area contributed by atoms with Gasteiger partial charge < -0.3 is 10.1 Å². The van der Waals surface area contributed by atoms with Crippen LogP contribution >= 0.6 is 34.9 Å². The van der Waals surface area contributed by atoms with Gasteiger partial charge in [-0.1, -0.05) is 35.3 Å². The number of nitrogens with one attached hydrogen (secondary N) is 1. The number of hydrogen-bond acceptors (Lipinski definition) is 5. The van der Waals surface area contributed by atoms with Crippen molar-refractivity contribution in [2.24, 2.45) is 0 Å². The van der Waals surface area contributed by atoms with E-state index >= 15 is 0 Å². The number of aromatic nitrogens is 2. The number of hydrogen-bond donors (Lipinski definition) is 1. The molecule has 0 fully saturated rings. The van der Waals surface area contributed by atoms with E-state index in [1.54, 1.807) is 42.5 Å². The van der Waals surface area contributed by atoms with Crippen LogP contribution in [0, 0.1) is 6.92 Å². The summed E-state index contributed by atoms with van der Waals surface area (Å²) in [6.07, 6.45) is 0. The largest absolute Gasteiger partial charge is 0.487 e. The van der Waals surface area contributed by atoms with E-state index in [1.807, 2.05) is 6.92 Å². The maximum atomic E-state index is 12.4. The topological polar surface area (TPSA) is 64.1 Å². The standard InChI is InChI=1S/C17H13Cl2N3O2S/c1-10-15(22-25-21-10)9-24-12-5-2-4-11(8-12)17(23)20-14-7-3-6-13(18)16(14)19/h2-8H,9H2,1H3,(H,20,23). The number of halogens is 2. The molecule has 0 unspecified atom stereocenters. The Morgan fingerprint density at radius 3 is 2.76 bits per heavy atom. The zero-order chi connectivity index (χ0) is 17.8. The van der Waals surface area contributed by atoms with E-state index in [9.17, 15) is 4.79 Å². The van der Waals surface area contributed by atoms with E-state index in [0.29, 0.717) is 33.7 Å². The molecule has 1 heterocycles. The van der Waals surface area contributed by atoms with Crippen LogP contribution in [0.3, 0.4) is 0 Å². The van der Waals surface area contributed by atoms with Crippen molar-refractivity contribution in [3.63, 3.8) is 0 Å². The fourth-order valence-corrected chi connectivity index (χ4v) is 2.95. The van der Waals surface area contributed by atoms with Crippen LogP contribution < -0.4 is 10.1 Å². The van der Waals surface area contributed by atoms with Crippen LogP contribution in [0.5, 0.6) is 5.75 Å². The number of anilines is 1. The molecule has 8 heteroatoms. The smallest absolute Gasteiger partial charge is 0.255 e. The molecular weight excluding hydrogens is 381 g/mol. The Morgan fingerprint density at radius 1 is 1.20 bits per heavy atom. The minimum absolute atomic E-state index is 0.299. The van der Waals surface area contributed by atoms with E-state index in [-0.39, 0.29) is 5.91 Å². The third-order valence-electron chi connectivity index (χ3n) is 3.42. The van der Waals surface area contributed by atoms with E-state index in [1.165, 1.54) is 0 Å². The van der Waals surface area contributed by atoms with Gasteiger partial charge in [0, 0.05) is 5.56 Å².